The molecule has 11 heavy (non-hydrogen) atoms. The zero-order valence-corrected chi connectivity index (χ0v) is 6.27. The van der Waals surface area contributed by atoms with E-state index >= 15 is 0 Å². The zero-order valence-electron chi connectivity index (χ0n) is 6.27. The molecule has 0 aliphatic carbocycles. The third-order valence-corrected chi connectivity index (χ3v) is 1.40. The first kappa shape index (κ1) is 7.94. The van der Waals surface area contributed by atoms with Crippen LogP contribution in [0.5, 0.6) is 0 Å². The number of carbonyl (C=O) groups excluding carboxylic acids is 1. The van der Waals surface area contributed by atoms with E-state index < -0.39 is 6.10 Å². The van der Waals surface area contributed by atoms with Gasteiger partial charge in [-0.25, -0.2) is 0 Å². The predicted molar refractivity (Wildman–Crippen MR) is 38.8 cm³/mol. The number of nitrogens with zero attached hydrogens (tertiary/aromatic N) is 2. The fourth-order valence-electron chi connectivity index (χ4n) is 0.823. The Morgan fingerprint density at radius 2 is 2.64 bits per heavy atom. The summed E-state index contributed by atoms with van der Waals surface area (Å²) in [6.45, 7) is 0. The van der Waals surface area contributed by atoms with Gasteiger partial charge in [-0.3, -0.25) is 4.68 Å². The third-order valence-electron chi connectivity index (χ3n) is 1.40. The highest BCUT2D eigenvalue weighted by molar-refractivity contribution is 5.50. The Bertz CT molecular complexity index is 244. The molecule has 1 atom stereocenters. The number of aliphatic hydroxyl groups is 1. The maximum atomic E-state index is 10.0. The summed E-state index contributed by atoms with van der Waals surface area (Å²) in [5, 5.41) is 13.2. The lowest BCUT2D eigenvalue weighted by atomic mass is 10.2. The van der Waals surface area contributed by atoms with Crippen molar-refractivity contribution in [1.82, 2.24) is 9.78 Å². The van der Waals surface area contributed by atoms with E-state index in [0.717, 1.165) is 0 Å². The molecular formula is C7H10N2O2. The van der Waals surface area contributed by atoms with E-state index in [1.54, 1.807) is 24.0 Å². The summed E-state index contributed by atoms with van der Waals surface area (Å²) < 4.78 is 1.59. The monoisotopic (exact) mass is 154 g/mol. The first-order chi connectivity index (χ1) is 5.24. The van der Waals surface area contributed by atoms with Gasteiger partial charge in [0.2, 0.25) is 0 Å². The minimum absolute atomic E-state index is 0.108. The van der Waals surface area contributed by atoms with Gasteiger partial charge in [-0.15, -0.1) is 0 Å². The van der Waals surface area contributed by atoms with Crippen LogP contribution in [0.3, 0.4) is 0 Å². The molecule has 0 bridgehead atoms. The molecule has 1 N–H and O–H groups in total. The summed E-state index contributed by atoms with van der Waals surface area (Å²) in [5.74, 6) is 0. The summed E-state index contributed by atoms with van der Waals surface area (Å²) >= 11 is 0. The molecule has 1 heterocycles. The molecule has 4 nitrogen and oxygen atoms in total. The van der Waals surface area contributed by atoms with Crippen molar-refractivity contribution in [3.05, 3.63) is 18.0 Å². The van der Waals surface area contributed by atoms with E-state index in [0.29, 0.717) is 12.0 Å². The average molecular weight is 154 g/mol. The summed E-state index contributed by atoms with van der Waals surface area (Å²) in [5.41, 5.74) is 0.541. The van der Waals surface area contributed by atoms with Crippen LogP contribution in [-0.4, -0.2) is 21.2 Å². The van der Waals surface area contributed by atoms with Crippen molar-refractivity contribution in [1.29, 1.82) is 0 Å². The summed E-state index contributed by atoms with van der Waals surface area (Å²) in [7, 11) is 1.76. The van der Waals surface area contributed by atoms with Crippen molar-refractivity contribution >= 4 is 6.29 Å². The number of aldehydes is 1. The average Bonchev–Trinajstić information content (AvgIpc) is 2.36. The van der Waals surface area contributed by atoms with Crippen molar-refractivity contribution in [3.63, 3.8) is 0 Å². The Labute approximate surface area is 64.5 Å². The minimum Gasteiger partial charge on any atom is -0.386 e. The van der Waals surface area contributed by atoms with Crippen molar-refractivity contribution in [2.75, 3.05) is 0 Å². The molecule has 4 heteroatoms. The predicted octanol–water partition coefficient (Wildman–Crippen LogP) is 0.0425. The number of rotatable bonds is 3. The van der Waals surface area contributed by atoms with Crippen molar-refractivity contribution in [2.24, 2.45) is 7.05 Å². The molecule has 0 saturated heterocycles. The Morgan fingerprint density at radius 3 is 3.09 bits per heavy atom. The standard InChI is InChI=1S/C7H10N2O2/c1-9-4-2-6(8-9)7(11)3-5-10/h2,4-5,7,11H,3H2,1H3. The smallest absolute Gasteiger partial charge is 0.122 e. The summed E-state index contributed by atoms with van der Waals surface area (Å²) in [6.07, 6.45) is 1.76. The molecule has 0 saturated carbocycles. The van der Waals surface area contributed by atoms with Crippen LogP contribution < -0.4 is 0 Å². The van der Waals surface area contributed by atoms with Crippen LogP contribution in [0.2, 0.25) is 0 Å². The molecular weight excluding hydrogens is 144 g/mol. The highest BCUT2D eigenvalue weighted by Crippen LogP contribution is 2.11. The van der Waals surface area contributed by atoms with Crippen LogP contribution in [-0.2, 0) is 11.8 Å². The van der Waals surface area contributed by atoms with Gasteiger partial charge in [0.15, 0.2) is 0 Å². The maximum Gasteiger partial charge on any atom is 0.122 e. The molecule has 0 aliphatic heterocycles. The molecule has 1 unspecified atom stereocenters. The lowest BCUT2D eigenvalue weighted by Gasteiger charge is -2.00. The van der Waals surface area contributed by atoms with Crippen LogP contribution in [0.1, 0.15) is 18.2 Å². The molecule has 0 spiro atoms. The van der Waals surface area contributed by atoms with Crippen molar-refractivity contribution in [3.8, 4) is 0 Å². The maximum absolute atomic E-state index is 10.0. The second-order valence-electron chi connectivity index (χ2n) is 2.33. The number of carbonyl (C=O) groups is 1. The number of aromatic nitrogens is 2. The highest BCUT2D eigenvalue weighted by Gasteiger charge is 2.08. The normalized spacial score (nSPS) is 12.9. The van der Waals surface area contributed by atoms with Gasteiger partial charge in [-0.2, -0.15) is 5.10 Å². The van der Waals surface area contributed by atoms with Gasteiger partial charge < -0.3 is 9.90 Å². The fourth-order valence-corrected chi connectivity index (χ4v) is 0.823. The summed E-state index contributed by atoms with van der Waals surface area (Å²) in [4.78, 5) is 10.0. The van der Waals surface area contributed by atoms with Gasteiger partial charge >= 0.3 is 0 Å². The SMILES string of the molecule is Cn1ccc(C(O)CC=O)n1. The van der Waals surface area contributed by atoms with Gasteiger partial charge in [-0.05, 0) is 6.07 Å². The lowest BCUT2D eigenvalue weighted by molar-refractivity contribution is -0.109. The van der Waals surface area contributed by atoms with Crippen LogP contribution in [0, 0.1) is 0 Å². The first-order valence-electron chi connectivity index (χ1n) is 3.35. The van der Waals surface area contributed by atoms with Crippen LogP contribution in [0.25, 0.3) is 0 Å². The van der Waals surface area contributed by atoms with E-state index in [4.69, 9.17) is 0 Å². The molecule has 0 radical (unpaired) electrons. The van der Waals surface area contributed by atoms with Gasteiger partial charge in [-0.1, -0.05) is 0 Å². The van der Waals surface area contributed by atoms with E-state index in [9.17, 15) is 9.90 Å². The van der Waals surface area contributed by atoms with Gasteiger partial charge in [0.25, 0.3) is 0 Å². The Morgan fingerprint density at radius 1 is 1.91 bits per heavy atom. The van der Waals surface area contributed by atoms with Crippen LogP contribution >= 0.6 is 0 Å². The Balaban J connectivity index is 2.67. The summed E-state index contributed by atoms with van der Waals surface area (Å²) in [6, 6.07) is 1.69. The number of aliphatic hydroxyl groups excluding tert-OH is 1. The number of aryl methyl sites for hydroxylation is 1. The molecule has 0 fully saturated rings. The Kier molecular flexibility index (Phi) is 2.38. The molecule has 1 aromatic rings. The second-order valence-corrected chi connectivity index (χ2v) is 2.33. The zero-order chi connectivity index (χ0) is 8.27. The first-order valence-corrected chi connectivity index (χ1v) is 3.35. The van der Waals surface area contributed by atoms with Crippen LogP contribution in [0.15, 0.2) is 12.3 Å². The van der Waals surface area contributed by atoms with E-state index in [-0.39, 0.29) is 6.42 Å². The van der Waals surface area contributed by atoms with Crippen molar-refractivity contribution < 1.29 is 9.90 Å². The number of hydrogen-bond acceptors (Lipinski definition) is 3. The largest absolute Gasteiger partial charge is 0.386 e. The van der Waals surface area contributed by atoms with Gasteiger partial charge in [0.05, 0.1) is 5.69 Å². The highest BCUT2D eigenvalue weighted by atomic mass is 16.3. The quantitative estimate of drug-likeness (QED) is 0.625. The molecule has 60 valence electrons. The molecule has 0 aliphatic rings. The van der Waals surface area contributed by atoms with E-state index in [1.807, 2.05) is 0 Å². The van der Waals surface area contributed by atoms with Crippen molar-refractivity contribution in [2.45, 2.75) is 12.5 Å². The third kappa shape index (κ3) is 1.88. The second kappa shape index (κ2) is 3.30. The van der Waals surface area contributed by atoms with E-state index in [1.165, 1.54) is 0 Å². The Hall–Kier alpha value is -1.16. The lowest BCUT2D eigenvalue weighted by Crippen LogP contribution is -2.00. The molecule has 1 aromatic heterocycles. The minimum atomic E-state index is -0.756. The molecule has 0 aromatic carbocycles. The molecule has 1 rings (SSSR count). The van der Waals surface area contributed by atoms with Gasteiger partial charge in [0, 0.05) is 19.7 Å². The molecule has 0 amide bonds. The van der Waals surface area contributed by atoms with E-state index in [2.05, 4.69) is 5.10 Å². The van der Waals surface area contributed by atoms with Gasteiger partial charge in [0.1, 0.15) is 12.4 Å². The topological polar surface area (TPSA) is 55.1 Å². The number of hydrogen-bond donors (Lipinski definition) is 1. The fraction of sp³-hybridized carbons (Fsp3) is 0.429. The van der Waals surface area contributed by atoms with Crippen LogP contribution in [0.4, 0.5) is 0 Å².